The van der Waals surface area contributed by atoms with Crippen LogP contribution in [0.15, 0.2) is 27.3 Å². The number of hydrogen-bond acceptors (Lipinski definition) is 4. The van der Waals surface area contributed by atoms with Crippen molar-refractivity contribution in [2.45, 2.75) is 6.23 Å². The summed E-state index contributed by atoms with van der Waals surface area (Å²) in [5.41, 5.74) is 7.70. The maximum atomic E-state index is 9.66. The van der Waals surface area contributed by atoms with Crippen LogP contribution in [-0.2, 0) is 0 Å². The Balaban J connectivity index is 2.64. The van der Waals surface area contributed by atoms with E-state index in [0.717, 1.165) is 9.86 Å². The van der Waals surface area contributed by atoms with E-state index in [-0.39, 0.29) is 0 Å². The zero-order chi connectivity index (χ0) is 11.0. The monoisotopic (exact) mass is 270 g/mol. The van der Waals surface area contributed by atoms with Crippen molar-refractivity contribution in [3.8, 4) is 0 Å². The average Bonchev–Trinajstić information content (AvgIpc) is 2.61. The topological polar surface area (TPSA) is 71.4 Å². The Kier molecular flexibility index (Phi) is 2.68. The summed E-state index contributed by atoms with van der Waals surface area (Å²) in [5.74, 6) is 0. The summed E-state index contributed by atoms with van der Waals surface area (Å²) in [4.78, 5) is 0. The first-order valence-electron chi connectivity index (χ1n) is 4.45. The lowest BCUT2D eigenvalue weighted by atomic mass is 10.1. The number of anilines is 1. The van der Waals surface area contributed by atoms with Crippen LogP contribution in [0.4, 0.5) is 5.69 Å². The predicted octanol–water partition coefficient (Wildman–Crippen LogP) is 1.99. The van der Waals surface area contributed by atoms with Gasteiger partial charge in [0, 0.05) is 27.2 Å². The largest absolute Gasteiger partial charge is 0.464 e. The van der Waals surface area contributed by atoms with Crippen LogP contribution in [0.3, 0.4) is 0 Å². The first kappa shape index (κ1) is 10.5. The quantitative estimate of drug-likeness (QED) is 0.577. The molecule has 0 aliphatic rings. The standard InChI is InChI=1S/C10H11BrN2O2/c1-13-10(14)6-4-15-9-3-8(12)7(11)2-5(6)9/h2-4,10,13-14H,12H2,1H3. The predicted molar refractivity (Wildman–Crippen MR) is 62.3 cm³/mol. The Labute approximate surface area is 95.2 Å². The van der Waals surface area contributed by atoms with Crippen LogP contribution in [0.5, 0.6) is 0 Å². The van der Waals surface area contributed by atoms with Gasteiger partial charge in [-0.3, -0.25) is 5.32 Å². The molecule has 0 saturated carbocycles. The van der Waals surface area contributed by atoms with Crippen LogP contribution in [0.25, 0.3) is 11.0 Å². The van der Waals surface area contributed by atoms with Gasteiger partial charge in [0.05, 0.1) is 6.26 Å². The molecule has 2 aromatic rings. The molecule has 80 valence electrons. The van der Waals surface area contributed by atoms with Crippen LogP contribution >= 0.6 is 15.9 Å². The first-order chi connectivity index (χ1) is 7.13. The maximum Gasteiger partial charge on any atom is 0.136 e. The molecule has 0 amide bonds. The summed E-state index contributed by atoms with van der Waals surface area (Å²) in [7, 11) is 1.68. The van der Waals surface area contributed by atoms with Crippen LogP contribution in [-0.4, -0.2) is 12.2 Å². The normalized spacial score (nSPS) is 13.3. The number of hydrogen-bond donors (Lipinski definition) is 3. The van der Waals surface area contributed by atoms with Crippen molar-refractivity contribution >= 4 is 32.6 Å². The van der Waals surface area contributed by atoms with Gasteiger partial charge in [0.25, 0.3) is 0 Å². The van der Waals surface area contributed by atoms with Crippen molar-refractivity contribution in [3.05, 3.63) is 28.4 Å². The number of benzene rings is 1. The van der Waals surface area contributed by atoms with Crippen molar-refractivity contribution in [3.63, 3.8) is 0 Å². The van der Waals surface area contributed by atoms with Crippen LogP contribution in [0, 0.1) is 0 Å². The Morgan fingerprint density at radius 2 is 2.27 bits per heavy atom. The van der Waals surface area contributed by atoms with Crippen LogP contribution in [0.2, 0.25) is 0 Å². The number of halogens is 1. The molecule has 1 unspecified atom stereocenters. The molecular weight excluding hydrogens is 260 g/mol. The van der Waals surface area contributed by atoms with E-state index in [9.17, 15) is 5.11 Å². The molecule has 0 spiro atoms. The van der Waals surface area contributed by atoms with E-state index >= 15 is 0 Å². The van der Waals surface area contributed by atoms with Crippen LogP contribution in [0.1, 0.15) is 11.8 Å². The van der Waals surface area contributed by atoms with Gasteiger partial charge in [-0.15, -0.1) is 0 Å². The molecular formula is C10H11BrN2O2. The lowest BCUT2D eigenvalue weighted by molar-refractivity contribution is 0.150. The maximum absolute atomic E-state index is 9.66. The molecule has 15 heavy (non-hydrogen) atoms. The van der Waals surface area contributed by atoms with Gasteiger partial charge >= 0.3 is 0 Å². The number of rotatable bonds is 2. The number of furan rings is 1. The molecule has 0 aliphatic carbocycles. The lowest BCUT2D eigenvalue weighted by Gasteiger charge is -2.06. The highest BCUT2D eigenvalue weighted by atomic mass is 79.9. The Hall–Kier alpha value is -1.04. The van der Waals surface area contributed by atoms with E-state index in [1.54, 1.807) is 13.1 Å². The second-order valence-corrected chi connectivity index (χ2v) is 4.11. The molecule has 0 saturated heterocycles. The molecule has 0 bridgehead atoms. The van der Waals surface area contributed by atoms with E-state index in [4.69, 9.17) is 10.2 Å². The first-order valence-corrected chi connectivity index (χ1v) is 5.24. The third kappa shape index (κ3) is 1.73. The zero-order valence-electron chi connectivity index (χ0n) is 8.12. The molecule has 1 heterocycles. The number of aliphatic hydroxyl groups is 1. The SMILES string of the molecule is CNC(O)c1coc2cc(N)c(Br)cc12. The van der Waals surface area contributed by atoms with Gasteiger partial charge in [-0.05, 0) is 29.0 Å². The molecule has 5 heteroatoms. The molecule has 0 aliphatic heterocycles. The highest BCUT2D eigenvalue weighted by Crippen LogP contribution is 2.31. The van der Waals surface area contributed by atoms with E-state index in [0.29, 0.717) is 16.8 Å². The summed E-state index contributed by atoms with van der Waals surface area (Å²) in [6.45, 7) is 0. The fourth-order valence-corrected chi connectivity index (χ4v) is 1.79. The van der Waals surface area contributed by atoms with Gasteiger partial charge in [-0.25, -0.2) is 0 Å². The van der Waals surface area contributed by atoms with E-state index in [2.05, 4.69) is 21.2 Å². The van der Waals surface area contributed by atoms with Crippen molar-refractivity contribution in [2.24, 2.45) is 0 Å². The third-order valence-electron chi connectivity index (χ3n) is 2.29. The number of nitrogen functional groups attached to an aromatic ring is 1. The summed E-state index contributed by atoms with van der Waals surface area (Å²) in [6.07, 6.45) is 0.791. The highest BCUT2D eigenvalue weighted by molar-refractivity contribution is 9.10. The summed E-state index contributed by atoms with van der Waals surface area (Å²) in [5, 5.41) is 13.2. The third-order valence-corrected chi connectivity index (χ3v) is 2.98. The second-order valence-electron chi connectivity index (χ2n) is 3.25. The summed E-state index contributed by atoms with van der Waals surface area (Å²) < 4.78 is 6.10. The molecule has 4 N–H and O–H groups in total. The van der Waals surface area contributed by atoms with Gasteiger partial charge in [0.15, 0.2) is 0 Å². The zero-order valence-corrected chi connectivity index (χ0v) is 9.71. The van der Waals surface area contributed by atoms with Crippen LogP contribution < -0.4 is 11.1 Å². The minimum Gasteiger partial charge on any atom is -0.464 e. The highest BCUT2D eigenvalue weighted by Gasteiger charge is 2.13. The lowest BCUT2D eigenvalue weighted by Crippen LogP contribution is -2.14. The number of aliphatic hydroxyl groups excluding tert-OH is 1. The number of nitrogens with two attached hydrogens (primary N) is 1. The van der Waals surface area contributed by atoms with Crippen molar-refractivity contribution in [1.29, 1.82) is 0 Å². The second kappa shape index (κ2) is 3.84. The summed E-state index contributed by atoms with van der Waals surface area (Å²) >= 11 is 3.34. The van der Waals surface area contributed by atoms with E-state index in [1.807, 2.05) is 6.07 Å². The molecule has 4 nitrogen and oxygen atoms in total. The van der Waals surface area contributed by atoms with Gasteiger partial charge in [0.2, 0.25) is 0 Å². The molecule has 1 aromatic heterocycles. The van der Waals surface area contributed by atoms with Crippen molar-refractivity contribution < 1.29 is 9.52 Å². The Bertz CT molecular complexity index is 495. The molecule has 1 aromatic carbocycles. The minimum absolute atomic E-state index is 0.613. The van der Waals surface area contributed by atoms with E-state index in [1.165, 1.54) is 6.26 Å². The molecule has 2 rings (SSSR count). The van der Waals surface area contributed by atoms with Gasteiger partial charge in [0.1, 0.15) is 11.8 Å². The average molecular weight is 271 g/mol. The van der Waals surface area contributed by atoms with E-state index < -0.39 is 6.23 Å². The Morgan fingerprint density at radius 1 is 1.53 bits per heavy atom. The van der Waals surface area contributed by atoms with Gasteiger partial charge in [-0.1, -0.05) is 0 Å². The molecule has 1 atom stereocenters. The number of nitrogens with one attached hydrogen (secondary N) is 1. The minimum atomic E-state index is -0.734. The fraction of sp³-hybridized carbons (Fsp3) is 0.200. The Morgan fingerprint density at radius 3 is 2.93 bits per heavy atom. The number of fused-ring (bicyclic) bond motifs is 1. The van der Waals surface area contributed by atoms with Crippen molar-refractivity contribution in [1.82, 2.24) is 5.32 Å². The smallest absolute Gasteiger partial charge is 0.136 e. The summed E-state index contributed by atoms with van der Waals surface area (Å²) in [6, 6.07) is 3.56. The van der Waals surface area contributed by atoms with Crippen molar-refractivity contribution in [2.75, 3.05) is 12.8 Å². The fourth-order valence-electron chi connectivity index (χ4n) is 1.45. The molecule has 0 radical (unpaired) electrons. The van der Waals surface area contributed by atoms with Gasteiger partial charge in [-0.2, -0.15) is 0 Å². The molecule has 0 fully saturated rings. The van der Waals surface area contributed by atoms with Gasteiger partial charge < -0.3 is 15.3 Å².